The van der Waals surface area contributed by atoms with Crippen molar-refractivity contribution in [3.8, 4) is 11.8 Å². The van der Waals surface area contributed by atoms with E-state index in [1.54, 1.807) is 0 Å². The second kappa shape index (κ2) is 7.79. The zero-order valence-corrected chi connectivity index (χ0v) is 18.1. The van der Waals surface area contributed by atoms with Gasteiger partial charge in [0.05, 0.1) is 17.0 Å². The van der Waals surface area contributed by atoms with Crippen LogP contribution in [0.3, 0.4) is 0 Å². The maximum absolute atomic E-state index is 12.8. The fourth-order valence-electron chi connectivity index (χ4n) is 2.96. The monoisotopic (exact) mass is 472 g/mol. The molecule has 0 saturated heterocycles. The Bertz CT molecular complexity index is 1290. The molecule has 0 bridgehead atoms. The Morgan fingerprint density at radius 3 is 1.79 bits per heavy atom. The van der Waals surface area contributed by atoms with Crippen molar-refractivity contribution in [2.75, 3.05) is 0 Å². The number of hydrogen-bond donors (Lipinski definition) is 4. The number of nitrogens with one attached hydrogen (secondary N) is 2. The maximum atomic E-state index is 12.8. The fourth-order valence-corrected chi connectivity index (χ4v) is 3.84. The number of benzene rings is 1. The summed E-state index contributed by atoms with van der Waals surface area (Å²) in [6.45, 7) is 0. The highest BCUT2D eigenvalue weighted by molar-refractivity contribution is 7.71. The highest BCUT2D eigenvalue weighted by Crippen LogP contribution is 2.40. The molecule has 29 heavy (non-hydrogen) atoms. The minimum atomic E-state index is -1.25. The van der Waals surface area contributed by atoms with Crippen LogP contribution in [-0.4, -0.2) is 29.3 Å². The standard InChI is InChI=1S/C17H14Cl2N4O4S2/c1-22-14(26)10(12(24)20-16(22)28)9(7-4-3-6(18)5-8(7)19)11-13(25)21-17(29)23(2)15(11)27/h3-5,9,26-27H,1-2H3,(H,20,24,28)(H,21,25,29). The lowest BCUT2D eigenvalue weighted by molar-refractivity contribution is 0.402. The molecule has 0 unspecified atom stereocenters. The topological polar surface area (TPSA) is 116 Å². The lowest BCUT2D eigenvalue weighted by Crippen LogP contribution is -2.27. The molecule has 3 aromatic rings. The van der Waals surface area contributed by atoms with E-state index in [1.165, 1.54) is 32.3 Å². The first-order valence-electron chi connectivity index (χ1n) is 8.03. The third-order valence-corrected chi connectivity index (χ3v) is 5.82. The second-order valence-corrected chi connectivity index (χ2v) is 7.83. The molecule has 2 aromatic heterocycles. The number of aromatic hydroxyl groups is 2. The largest absolute Gasteiger partial charge is 0.494 e. The van der Waals surface area contributed by atoms with Crippen molar-refractivity contribution in [1.29, 1.82) is 0 Å². The van der Waals surface area contributed by atoms with E-state index in [1.807, 2.05) is 0 Å². The minimum absolute atomic E-state index is 0.0261. The van der Waals surface area contributed by atoms with E-state index in [0.29, 0.717) is 5.02 Å². The average molecular weight is 473 g/mol. The normalized spacial score (nSPS) is 11.2. The van der Waals surface area contributed by atoms with Crippen molar-refractivity contribution < 1.29 is 10.2 Å². The van der Waals surface area contributed by atoms with Crippen LogP contribution >= 0.6 is 47.6 Å². The number of hydrogen-bond acceptors (Lipinski definition) is 6. The predicted molar refractivity (Wildman–Crippen MR) is 114 cm³/mol. The van der Waals surface area contributed by atoms with Gasteiger partial charge in [0.2, 0.25) is 11.8 Å². The third-order valence-electron chi connectivity index (χ3n) is 4.51. The van der Waals surface area contributed by atoms with Crippen LogP contribution in [-0.2, 0) is 14.1 Å². The molecule has 0 aliphatic heterocycles. The molecule has 0 amide bonds. The Morgan fingerprint density at radius 2 is 1.38 bits per heavy atom. The van der Waals surface area contributed by atoms with Crippen LogP contribution in [0.2, 0.25) is 10.0 Å². The molecule has 2 heterocycles. The lowest BCUT2D eigenvalue weighted by atomic mass is 9.86. The van der Waals surface area contributed by atoms with E-state index in [0.717, 1.165) is 9.13 Å². The summed E-state index contributed by atoms with van der Waals surface area (Å²) in [5, 5.41) is 21.8. The summed E-state index contributed by atoms with van der Waals surface area (Å²) < 4.78 is 2.27. The van der Waals surface area contributed by atoms with E-state index >= 15 is 0 Å². The first-order valence-corrected chi connectivity index (χ1v) is 9.61. The first kappa shape index (κ1) is 21.3. The molecule has 12 heteroatoms. The molecular weight excluding hydrogens is 459 g/mol. The zero-order valence-electron chi connectivity index (χ0n) is 15.0. The molecule has 0 atom stereocenters. The number of nitrogens with zero attached hydrogens (tertiary/aromatic N) is 2. The van der Waals surface area contributed by atoms with Gasteiger partial charge in [0.25, 0.3) is 11.1 Å². The molecule has 0 fully saturated rings. The first-order chi connectivity index (χ1) is 13.5. The van der Waals surface area contributed by atoms with Gasteiger partial charge < -0.3 is 10.2 Å². The molecular formula is C17H14Cl2N4O4S2. The van der Waals surface area contributed by atoms with Crippen LogP contribution in [0.1, 0.15) is 22.6 Å². The van der Waals surface area contributed by atoms with Crippen LogP contribution in [0.15, 0.2) is 27.8 Å². The lowest BCUT2D eigenvalue weighted by Gasteiger charge is -2.22. The summed E-state index contributed by atoms with van der Waals surface area (Å²) in [6.07, 6.45) is 0. The predicted octanol–water partition coefficient (Wildman–Crippen LogP) is 3.10. The second-order valence-electron chi connectivity index (χ2n) is 6.21. The van der Waals surface area contributed by atoms with Crippen LogP contribution in [0.4, 0.5) is 0 Å². The molecule has 1 aromatic carbocycles. The maximum Gasteiger partial charge on any atom is 0.259 e. The van der Waals surface area contributed by atoms with Gasteiger partial charge in [-0.3, -0.25) is 28.7 Å². The molecule has 3 rings (SSSR count). The zero-order chi connectivity index (χ0) is 21.6. The summed E-state index contributed by atoms with van der Waals surface area (Å²) in [5.41, 5.74) is -1.70. The highest BCUT2D eigenvalue weighted by atomic mass is 35.5. The summed E-state index contributed by atoms with van der Waals surface area (Å²) in [4.78, 5) is 30.4. The van der Waals surface area contributed by atoms with Crippen molar-refractivity contribution in [3.63, 3.8) is 0 Å². The Kier molecular flexibility index (Phi) is 5.72. The molecule has 0 radical (unpaired) electrons. The van der Waals surface area contributed by atoms with Crippen LogP contribution in [0.5, 0.6) is 11.8 Å². The van der Waals surface area contributed by atoms with Crippen LogP contribution in [0, 0.1) is 9.54 Å². The smallest absolute Gasteiger partial charge is 0.259 e. The number of aromatic nitrogens is 4. The number of rotatable bonds is 3. The summed E-state index contributed by atoms with van der Waals surface area (Å²) >= 11 is 22.3. The van der Waals surface area contributed by atoms with Crippen LogP contribution in [0.25, 0.3) is 0 Å². The van der Waals surface area contributed by atoms with Crippen molar-refractivity contribution in [1.82, 2.24) is 19.1 Å². The van der Waals surface area contributed by atoms with Gasteiger partial charge in [-0.05, 0) is 42.1 Å². The van der Waals surface area contributed by atoms with E-state index < -0.39 is 28.8 Å². The Hall–Kier alpha value is -2.40. The van der Waals surface area contributed by atoms with Gasteiger partial charge >= 0.3 is 0 Å². The van der Waals surface area contributed by atoms with Crippen molar-refractivity contribution in [2.24, 2.45) is 14.1 Å². The van der Waals surface area contributed by atoms with Crippen LogP contribution < -0.4 is 11.1 Å². The molecule has 0 spiro atoms. The SMILES string of the molecule is Cn1c(O)c(C(c2ccc(Cl)cc2Cl)c2c(O)n(C)c(=S)[nH]c2=O)c(=O)[nH]c1=S. The van der Waals surface area contributed by atoms with Gasteiger partial charge in [0.15, 0.2) is 9.54 Å². The van der Waals surface area contributed by atoms with Gasteiger partial charge in [-0.15, -0.1) is 0 Å². The van der Waals surface area contributed by atoms with E-state index in [4.69, 9.17) is 47.6 Å². The highest BCUT2D eigenvalue weighted by Gasteiger charge is 2.32. The molecule has 8 nitrogen and oxygen atoms in total. The van der Waals surface area contributed by atoms with Gasteiger partial charge in [-0.25, -0.2) is 0 Å². The molecule has 152 valence electrons. The quantitative estimate of drug-likeness (QED) is 0.435. The summed E-state index contributed by atoms with van der Waals surface area (Å²) in [5.74, 6) is -2.23. The van der Waals surface area contributed by atoms with Crippen molar-refractivity contribution in [2.45, 2.75) is 5.92 Å². The number of aromatic amines is 2. The summed E-state index contributed by atoms with van der Waals surface area (Å²) in [6, 6.07) is 4.43. The van der Waals surface area contributed by atoms with Crippen molar-refractivity contribution >= 4 is 47.6 Å². The molecule has 0 aliphatic rings. The van der Waals surface area contributed by atoms with Crippen molar-refractivity contribution in [3.05, 3.63) is 75.2 Å². The fraction of sp³-hybridized carbons (Fsp3) is 0.176. The molecule has 0 aliphatic carbocycles. The average Bonchev–Trinajstić information content (AvgIpc) is 2.63. The van der Waals surface area contributed by atoms with Gasteiger partial charge in [0.1, 0.15) is 0 Å². The number of H-pyrrole nitrogens is 2. The Labute approximate surface area is 183 Å². The van der Waals surface area contributed by atoms with E-state index in [2.05, 4.69) is 9.97 Å². The molecule has 4 N–H and O–H groups in total. The Morgan fingerprint density at radius 1 is 0.931 bits per heavy atom. The Balaban J connectivity index is 2.54. The third kappa shape index (κ3) is 3.64. The summed E-state index contributed by atoms with van der Waals surface area (Å²) in [7, 11) is 2.88. The van der Waals surface area contributed by atoms with Gasteiger partial charge in [-0.2, -0.15) is 0 Å². The van der Waals surface area contributed by atoms with E-state index in [9.17, 15) is 19.8 Å². The minimum Gasteiger partial charge on any atom is -0.494 e. The van der Waals surface area contributed by atoms with E-state index in [-0.39, 0.29) is 31.3 Å². The van der Waals surface area contributed by atoms with Gasteiger partial charge in [-0.1, -0.05) is 29.3 Å². The molecule has 0 saturated carbocycles. The van der Waals surface area contributed by atoms with Gasteiger partial charge in [0, 0.05) is 24.1 Å². The number of halogens is 2.